The second kappa shape index (κ2) is 8.22. The number of hydrogen-bond donors (Lipinski definition) is 2. The highest BCUT2D eigenvalue weighted by Crippen LogP contribution is 2.27. The van der Waals surface area contributed by atoms with Crippen molar-refractivity contribution >= 4 is 9.84 Å². The van der Waals surface area contributed by atoms with Gasteiger partial charge in [-0.3, -0.25) is 11.3 Å². The summed E-state index contributed by atoms with van der Waals surface area (Å²) in [5.74, 6) is 6.66. The van der Waals surface area contributed by atoms with Crippen LogP contribution in [0.15, 0.2) is 0 Å². The normalized spacial score (nSPS) is 16.3. The number of sulfone groups is 1. The summed E-state index contributed by atoms with van der Waals surface area (Å²) in [5, 5.41) is 0. The van der Waals surface area contributed by atoms with E-state index >= 15 is 0 Å². The van der Waals surface area contributed by atoms with Gasteiger partial charge in [0.15, 0.2) is 0 Å². The molecule has 2 atom stereocenters. The van der Waals surface area contributed by atoms with E-state index in [2.05, 4.69) is 33.1 Å². The van der Waals surface area contributed by atoms with Gasteiger partial charge in [0, 0.05) is 11.8 Å². The minimum Gasteiger partial charge on any atom is -0.271 e. The Bertz CT molecular complexity index is 334. The van der Waals surface area contributed by atoms with E-state index in [4.69, 9.17) is 5.84 Å². The predicted octanol–water partition coefficient (Wildman–Crippen LogP) is 2.50. The summed E-state index contributed by atoms with van der Waals surface area (Å²) in [7, 11) is -2.85. The molecule has 0 aliphatic rings. The molecule has 0 amide bonds. The molecule has 0 saturated carbocycles. The van der Waals surface area contributed by atoms with Crippen molar-refractivity contribution in [2.45, 2.75) is 66.3 Å². The third-order valence-corrected chi connectivity index (χ3v) is 5.12. The van der Waals surface area contributed by atoms with Crippen LogP contribution in [0.1, 0.15) is 60.3 Å². The topological polar surface area (TPSA) is 72.2 Å². The van der Waals surface area contributed by atoms with Crippen molar-refractivity contribution < 1.29 is 8.42 Å². The van der Waals surface area contributed by atoms with Crippen LogP contribution >= 0.6 is 0 Å². The first-order valence-corrected chi connectivity index (χ1v) is 9.08. The summed E-state index contributed by atoms with van der Waals surface area (Å²) < 4.78 is 22.9. The average molecular weight is 292 g/mol. The molecule has 0 radical (unpaired) electrons. The van der Waals surface area contributed by atoms with Crippen LogP contribution in [0.3, 0.4) is 0 Å². The number of nitrogens with one attached hydrogen (secondary N) is 1. The first kappa shape index (κ1) is 18.9. The highest BCUT2D eigenvalue weighted by molar-refractivity contribution is 7.91. The Balaban J connectivity index is 4.09. The van der Waals surface area contributed by atoms with Crippen molar-refractivity contribution in [3.8, 4) is 0 Å². The summed E-state index contributed by atoms with van der Waals surface area (Å²) in [4.78, 5) is 0. The minimum atomic E-state index is -2.85. The van der Waals surface area contributed by atoms with Gasteiger partial charge in [0.1, 0.15) is 9.84 Å². The molecule has 0 heterocycles. The van der Waals surface area contributed by atoms with Crippen molar-refractivity contribution in [3.63, 3.8) is 0 Å². The van der Waals surface area contributed by atoms with E-state index in [1.54, 1.807) is 6.92 Å². The largest absolute Gasteiger partial charge is 0.271 e. The molecular weight excluding hydrogens is 260 g/mol. The number of nitrogens with two attached hydrogens (primary N) is 1. The van der Waals surface area contributed by atoms with E-state index in [0.29, 0.717) is 17.8 Å². The molecule has 3 N–H and O–H groups in total. The minimum absolute atomic E-state index is 0.212. The molecule has 19 heavy (non-hydrogen) atoms. The highest BCUT2D eigenvalue weighted by atomic mass is 32.2. The molecule has 0 saturated heterocycles. The lowest BCUT2D eigenvalue weighted by molar-refractivity contribution is 0.271. The quantitative estimate of drug-likeness (QED) is 0.506. The molecule has 0 spiro atoms. The monoisotopic (exact) mass is 292 g/mol. The Kier molecular flexibility index (Phi) is 8.17. The van der Waals surface area contributed by atoms with E-state index < -0.39 is 9.84 Å². The van der Waals surface area contributed by atoms with E-state index in [0.717, 1.165) is 19.3 Å². The zero-order valence-corrected chi connectivity index (χ0v) is 14.0. The molecule has 0 aromatic heterocycles. The van der Waals surface area contributed by atoms with Gasteiger partial charge < -0.3 is 0 Å². The van der Waals surface area contributed by atoms with Crippen LogP contribution < -0.4 is 11.3 Å². The smallest absolute Gasteiger partial charge is 0.150 e. The first-order chi connectivity index (χ1) is 8.59. The predicted molar refractivity (Wildman–Crippen MR) is 82.5 cm³/mol. The molecule has 2 unspecified atom stereocenters. The van der Waals surface area contributed by atoms with E-state index in [1.807, 2.05) is 0 Å². The number of rotatable bonds is 9. The second-order valence-electron chi connectivity index (χ2n) is 6.85. The molecule has 116 valence electrons. The fraction of sp³-hybridized carbons (Fsp3) is 1.00. The lowest BCUT2D eigenvalue weighted by Gasteiger charge is -2.26. The van der Waals surface area contributed by atoms with Crippen molar-refractivity contribution in [1.29, 1.82) is 0 Å². The Morgan fingerprint density at radius 2 is 1.84 bits per heavy atom. The summed E-state index contributed by atoms with van der Waals surface area (Å²) in [6.45, 7) is 10.6. The van der Waals surface area contributed by atoms with Gasteiger partial charge in [-0.15, -0.1) is 0 Å². The van der Waals surface area contributed by atoms with Gasteiger partial charge >= 0.3 is 0 Å². The van der Waals surface area contributed by atoms with Gasteiger partial charge in [0.05, 0.1) is 5.75 Å². The summed E-state index contributed by atoms with van der Waals surface area (Å²) >= 11 is 0. The van der Waals surface area contributed by atoms with E-state index in [1.165, 1.54) is 0 Å². The molecule has 0 aliphatic heterocycles. The van der Waals surface area contributed by atoms with Crippen molar-refractivity contribution in [3.05, 3.63) is 0 Å². The number of hydrogen-bond acceptors (Lipinski definition) is 4. The zero-order valence-electron chi connectivity index (χ0n) is 13.2. The van der Waals surface area contributed by atoms with E-state index in [9.17, 15) is 8.42 Å². The fourth-order valence-electron chi connectivity index (χ4n) is 2.58. The van der Waals surface area contributed by atoms with Gasteiger partial charge in [0.25, 0.3) is 0 Å². The SMILES string of the molecule is CCS(=O)(=O)CCCC(CC(C)CC(C)(C)C)NN. The molecule has 0 bridgehead atoms. The maximum atomic E-state index is 11.4. The van der Waals surface area contributed by atoms with Gasteiger partial charge in [0.2, 0.25) is 0 Å². The molecule has 0 aromatic rings. The van der Waals surface area contributed by atoms with Crippen molar-refractivity contribution in [2.24, 2.45) is 17.2 Å². The van der Waals surface area contributed by atoms with Crippen LogP contribution in [-0.4, -0.2) is 26.0 Å². The van der Waals surface area contributed by atoms with Crippen LogP contribution in [0, 0.1) is 11.3 Å². The van der Waals surface area contributed by atoms with E-state index in [-0.39, 0.29) is 17.5 Å². The van der Waals surface area contributed by atoms with Crippen LogP contribution in [0.25, 0.3) is 0 Å². The highest BCUT2D eigenvalue weighted by Gasteiger charge is 2.19. The Morgan fingerprint density at radius 3 is 2.26 bits per heavy atom. The molecule has 0 rings (SSSR count). The summed E-state index contributed by atoms with van der Waals surface area (Å²) in [6.07, 6.45) is 3.66. The average Bonchev–Trinajstić information content (AvgIpc) is 2.25. The standard InChI is InChI=1S/C14H32N2O2S/c1-6-19(17,18)9-7-8-13(16-15)10-12(2)11-14(3,4)5/h12-13,16H,6-11,15H2,1-5H3. The van der Waals surface area contributed by atoms with Crippen molar-refractivity contribution in [1.82, 2.24) is 5.43 Å². The molecular formula is C14H32N2O2S. The van der Waals surface area contributed by atoms with Gasteiger partial charge in [-0.1, -0.05) is 34.6 Å². The fourth-order valence-corrected chi connectivity index (χ4v) is 3.47. The van der Waals surface area contributed by atoms with Crippen LogP contribution in [0.4, 0.5) is 0 Å². The maximum Gasteiger partial charge on any atom is 0.150 e. The zero-order chi connectivity index (χ0) is 15.1. The third kappa shape index (κ3) is 10.3. The Morgan fingerprint density at radius 1 is 1.26 bits per heavy atom. The molecule has 0 fully saturated rings. The van der Waals surface area contributed by atoms with Crippen LogP contribution in [0.5, 0.6) is 0 Å². The van der Waals surface area contributed by atoms with Gasteiger partial charge in [-0.25, -0.2) is 8.42 Å². The molecule has 0 aliphatic carbocycles. The molecule has 5 heteroatoms. The maximum absolute atomic E-state index is 11.4. The van der Waals surface area contributed by atoms with Crippen LogP contribution in [0.2, 0.25) is 0 Å². The molecule has 0 aromatic carbocycles. The van der Waals surface area contributed by atoms with Gasteiger partial charge in [-0.05, 0) is 37.0 Å². The number of hydrazine groups is 1. The van der Waals surface area contributed by atoms with Crippen LogP contribution in [-0.2, 0) is 9.84 Å². The lowest BCUT2D eigenvalue weighted by Crippen LogP contribution is -2.37. The summed E-state index contributed by atoms with van der Waals surface area (Å²) in [5.41, 5.74) is 3.15. The van der Waals surface area contributed by atoms with Gasteiger partial charge in [-0.2, -0.15) is 0 Å². The Labute approximate surface area is 119 Å². The second-order valence-corrected chi connectivity index (χ2v) is 9.32. The lowest BCUT2D eigenvalue weighted by atomic mass is 9.82. The first-order valence-electron chi connectivity index (χ1n) is 7.26. The molecule has 4 nitrogen and oxygen atoms in total. The van der Waals surface area contributed by atoms with Crippen molar-refractivity contribution in [2.75, 3.05) is 11.5 Å². The third-order valence-electron chi connectivity index (χ3n) is 3.33. The summed E-state index contributed by atoms with van der Waals surface area (Å²) in [6, 6.07) is 0.212. The Hall–Kier alpha value is -0.130.